The Hall–Kier alpha value is -4.19. The zero-order valence-electron chi connectivity index (χ0n) is 22.7. The van der Waals surface area contributed by atoms with Crippen LogP contribution < -0.4 is 19.3 Å². The molecule has 3 aromatic rings. The first kappa shape index (κ1) is 28.3. The van der Waals surface area contributed by atoms with Gasteiger partial charge in [0.15, 0.2) is 0 Å². The molecule has 0 bridgehead atoms. The molecule has 9 heteroatoms. The summed E-state index contributed by atoms with van der Waals surface area (Å²) in [4.78, 5) is 4.03. The Morgan fingerprint density at radius 2 is 1.71 bits per heavy atom. The molecule has 0 aliphatic carbocycles. The van der Waals surface area contributed by atoms with Crippen molar-refractivity contribution in [1.29, 1.82) is 5.26 Å². The highest BCUT2D eigenvalue weighted by Gasteiger charge is 2.32. The van der Waals surface area contributed by atoms with E-state index in [2.05, 4.69) is 6.07 Å². The summed E-state index contributed by atoms with van der Waals surface area (Å²) in [6, 6.07) is 19.6. The SMILES string of the molecule is CCOc1ccc(F)c(N2CCC(Oc3ccc(N4CC(c5cccc(C(F)(F)F)c5)=CC4CC#N)cc3)CC2)c1. The molecule has 0 saturated carbocycles. The van der Waals surface area contributed by atoms with E-state index in [1.165, 1.54) is 12.1 Å². The van der Waals surface area contributed by atoms with Gasteiger partial charge in [0.1, 0.15) is 23.4 Å². The van der Waals surface area contributed by atoms with Gasteiger partial charge in [-0.05, 0) is 66.6 Å². The first-order valence-electron chi connectivity index (χ1n) is 13.7. The van der Waals surface area contributed by atoms with E-state index >= 15 is 0 Å². The van der Waals surface area contributed by atoms with Crippen LogP contribution in [-0.4, -0.2) is 38.4 Å². The number of piperidine rings is 1. The van der Waals surface area contributed by atoms with Crippen LogP contribution in [0.1, 0.15) is 37.3 Å². The minimum absolute atomic E-state index is 0.0115. The molecule has 0 N–H and O–H groups in total. The fourth-order valence-electron chi connectivity index (χ4n) is 5.42. The Morgan fingerprint density at radius 1 is 0.976 bits per heavy atom. The molecule has 2 aliphatic rings. The second-order valence-electron chi connectivity index (χ2n) is 10.2. The largest absolute Gasteiger partial charge is 0.494 e. The maximum atomic E-state index is 14.5. The summed E-state index contributed by atoms with van der Waals surface area (Å²) >= 11 is 0. The summed E-state index contributed by atoms with van der Waals surface area (Å²) < 4.78 is 66.0. The van der Waals surface area contributed by atoms with Crippen LogP contribution in [0.3, 0.4) is 0 Å². The lowest BCUT2D eigenvalue weighted by molar-refractivity contribution is -0.137. The lowest BCUT2D eigenvalue weighted by Gasteiger charge is -2.34. The molecule has 1 fully saturated rings. The predicted octanol–water partition coefficient (Wildman–Crippen LogP) is 7.48. The topological polar surface area (TPSA) is 48.7 Å². The quantitative estimate of drug-likeness (QED) is 0.265. The Bertz CT molecular complexity index is 1420. The Balaban J connectivity index is 1.21. The third-order valence-electron chi connectivity index (χ3n) is 7.48. The number of rotatable bonds is 8. The summed E-state index contributed by atoms with van der Waals surface area (Å²) in [7, 11) is 0. The highest BCUT2D eigenvalue weighted by molar-refractivity contribution is 5.76. The molecule has 5 nitrogen and oxygen atoms in total. The van der Waals surface area contributed by atoms with Crippen LogP contribution in [0.4, 0.5) is 28.9 Å². The Kier molecular flexibility index (Phi) is 8.39. The molecule has 2 heterocycles. The molecule has 1 unspecified atom stereocenters. The molecule has 2 aliphatic heterocycles. The third kappa shape index (κ3) is 6.59. The van der Waals surface area contributed by atoms with Crippen LogP contribution in [0.15, 0.2) is 72.8 Å². The number of hydrogen-bond acceptors (Lipinski definition) is 5. The molecule has 0 aromatic heterocycles. The number of ether oxygens (including phenoxy) is 2. The van der Waals surface area contributed by atoms with Crippen molar-refractivity contribution in [2.75, 3.05) is 36.0 Å². The monoisotopic (exact) mass is 565 g/mol. The fourth-order valence-corrected chi connectivity index (χ4v) is 5.42. The molecule has 3 aromatic carbocycles. The van der Waals surface area contributed by atoms with Gasteiger partial charge in [-0.25, -0.2) is 4.39 Å². The second-order valence-corrected chi connectivity index (χ2v) is 10.2. The van der Waals surface area contributed by atoms with Crippen molar-refractivity contribution in [2.24, 2.45) is 0 Å². The third-order valence-corrected chi connectivity index (χ3v) is 7.48. The molecular weight excluding hydrogens is 534 g/mol. The summed E-state index contributed by atoms with van der Waals surface area (Å²) in [5.74, 6) is 1.08. The maximum Gasteiger partial charge on any atom is 0.416 e. The Morgan fingerprint density at radius 3 is 2.39 bits per heavy atom. The average molecular weight is 566 g/mol. The number of halogens is 4. The minimum atomic E-state index is -4.42. The summed E-state index contributed by atoms with van der Waals surface area (Å²) in [5, 5.41) is 9.36. The molecule has 5 rings (SSSR count). The van der Waals surface area contributed by atoms with Crippen LogP contribution >= 0.6 is 0 Å². The van der Waals surface area contributed by atoms with Crippen molar-refractivity contribution in [3.8, 4) is 17.6 Å². The van der Waals surface area contributed by atoms with Gasteiger partial charge in [-0.2, -0.15) is 18.4 Å². The lowest BCUT2D eigenvalue weighted by Crippen LogP contribution is -2.38. The second kappa shape index (κ2) is 12.1. The van der Waals surface area contributed by atoms with E-state index in [0.29, 0.717) is 49.0 Å². The van der Waals surface area contributed by atoms with Crippen LogP contribution in [0.25, 0.3) is 5.57 Å². The zero-order chi connectivity index (χ0) is 29.0. The molecule has 1 atom stereocenters. The summed E-state index contributed by atoms with van der Waals surface area (Å²) in [6.45, 7) is 4.12. The van der Waals surface area contributed by atoms with Crippen LogP contribution in [0.5, 0.6) is 11.5 Å². The van der Waals surface area contributed by atoms with E-state index < -0.39 is 11.7 Å². The zero-order valence-corrected chi connectivity index (χ0v) is 22.7. The van der Waals surface area contributed by atoms with Crippen molar-refractivity contribution in [2.45, 2.75) is 44.5 Å². The van der Waals surface area contributed by atoms with E-state index in [1.54, 1.807) is 18.2 Å². The molecule has 0 spiro atoms. The fraction of sp³-hybridized carbons (Fsp3) is 0.344. The highest BCUT2D eigenvalue weighted by atomic mass is 19.4. The smallest absolute Gasteiger partial charge is 0.416 e. The standard InChI is InChI=1S/C32H31F4N3O2/c1-2-40-29-10-11-30(33)31(20-29)38-16-13-28(14-17-38)41-27-8-6-25(7-9-27)39-21-23(19-26(39)12-15-37)22-4-3-5-24(18-22)32(34,35)36/h3-11,18-20,26,28H,2,12-14,16-17,21H2,1H3. The van der Waals surface area contributed by atoms with Gasteiger partial charge >= 0.3 is 6.18 Å². The first-order valence-corrected chi connectivity index (χ1v) is 13.7. The average Bonchev–Trinajstić information content (AvgIpc) is 3.39. The van der Waals surface area contributed by atoms with Gasteiger partial charge in [0.05, 0.1) is 36.4 Å². The van der Waals surface area contributed by atoms with Gasteiger partial charge in [0.25, 0.3) is 0 Å². The van der Waals surface area contributed by atoms with Crippen LogP contribution in [-0.2, 0) is 6.18 Å². The lowest BCUT2D eigenvalue weighted by atomic mass is 10.0. The number of hydrogen-bond donors (Lipinski definition) is 0. The number of benzene rings is 3. The van der Waals surface area contributed by atoms with Crippen LogP contribution in [0.2, 0.25) is 0 Å². The first-order chi connectivity index (χ1) is 19.7. The molecule has 41 heavy (non-hydrogen) atoms. The van der Waals surface area contributed by atoms with Gasteiger partial charge in [0, 0.05) is 44.2 Å². The highest BCUT2D eigenvalue weighted by Crippen LogP contribution is 2.36. The number of anilines is 2. The number of nitrogens with zero attached hydrogens (tertiary/aromatic N) is 3. The van der Waals surface area contributed by atoms with Gasteiger partial charge in [0.2, 0.25) is 0 Å². The van der Waals surface area contributed by atoms with Crippen molar-refractivity contribution in [3.05, 3.63) is 89.8 Å². The van der Waals surface area contributed by atoms with Crippen molar-refractivity contribution in [1.82, 2.24) is 0 Å². The van der Waals surface area contributed by atoms with Crippen molar-refractivity contribution in [3.63, 3.8) is 0 Å². The summed E-state index contributed by atoms with van der Waals surface area (Å²) in [5.41, 5.74) is 1.96. The van der Waals surface area contributed by atoms with Gasteiger partial charge in [-0.1, -0.05) is 18.2 Å². The van der Waals surface area contributed by atoms with Crippen LogP contribution in [0, 0.1) is 17.1 Å². The molecule has 0 amide bonds. The van der Waals surface area contributed by atoms with E-state index in [4.69, 9.17) is 9.47 Å². The maximum absolute atomic E-state index is 14.5. The summed E-state index contributed by atoms with van der Waals surface area (Å²) in [6.07, 6.45) is -0.862. The molecule has 214 valence electrons. The van der Waals surface area contributed by atoms with E-state index in [0.717, 1.165) is 36.2 Å². The molecule has 1 saturated heterocycles. The minimum Gasteiger partial charge on any atom is -0.494 e. The molecular formula is C32H31F4N3O2. The van der Waals surface area contributed by atoms with Crippen molar-refractivity contribution < 1.29 is 27.0 Å². The van der Waals surface area contributed by atoms with E-state index in [9.17, 15) is 22.8 Å². The van der Waals surface area contributed by atoms with Gasteiger partial charge < -0.3 is 19.3 Å². The van der Waals surface area contributed by atoms with Crippen molar-refractivity contribution >= 4 is 16.9 Å². The number of nitriles is 1. The van der Waals surface area contributed by atoms with E-state index in [-0.39, 0.29) is 24.4 Å². The normalized spacial score (nSPS) is 17.8. The predicted molar refractivity (Wildman–Crippen MR) is 151 cm³/mol. The Labute approximate surface area is 237 Å². The van der Waals surface area contributed by atoms with E-state index in [1.807, 2.05) is 47.1 Å². The molecule has 0 radical (unpaired) electrons. The van der Waals surface area contributed by atoms with Gasteiger partial charge in [-0.15, -0.1) is 0 Å². The van der Waals surface area contributed by atoms with Gasteiger partial charge in [-0.3, -0.25) is 0 Å². The number of alkyl halides is 3.